The topological polar surface area (TPSA) is 59.8 Å². The summed E-state index contributed by atoms with van der Waals surface area (Å²) in [6, 6.07) is 8.45. The van der Waals surface area contributed by atoms with Crippen molar-refractivity contribution in [3.05, 3.63) is 47.3 Å². The van der Waals surface area contributed by atoms with Gasteiger partial charge in [0.15, 0.2) is 0 Å². The van der Waals surface area contributed by atoms with Crippen LogP contribution in [0.15, 0.2) is 30.5 Å². The van der Waals surface area contributed by atoms with Gasteiger partial charge in [0.25, 0.3) is 5.91 Å². The zero-order valence-corrected chi connectivity index (χ0v) is 12.4. The summed E-state index contributed by atoms with van der Waals surface area (Å²) in [5, 5.41) is 10.8. The molecular weight excluding hydrogens is 264 g/mol. The molecule has 0 spiro atoms. The van der Waals surface area contributed by atoms with Gasteiger partial charge in [-0.25, -0.2) is 4.68 Å². The number of hydrogen-bond acceptors (Lipinski definition) is 3. The van der Waals surface area contributed by atoms with E-state index in [1.807, 2.05) is 6.07 Å². The van der Waals surface area contributed by atoms with Crippen LogP contribution in [0.25, 0.3) is 0 Å². The fraction of sp³-hybridized carbons (Fsp3) is 0.438. The third-order valence-corrected chi connectivity index (χ3v) is 4.30. The van der Waals surface area contributed by atoms with Crippen molar-refractivity contribution in [1.29, 1.82) is 0 Å². The maximum absolute atomic E-state index is 12.5. The zero-order chi connectivity index (χ0) is 14.8. The number of carbonyl (C=O) groups excluding carboxylic acids is 1. The first-order valence-corrected chi connectivity index (χ1v) is 7.40. The Morgan fingerprint density at radius 1 is 1.38 bits per heavy atom. The zero-order valence-electron chi connectivity index (χ0n) is 12.4. The molecule has 2 aromatic rings. The number of carbonyl (C=O) groups is 1. The van der Waals surface area contributed by atoms with Crippen molar-refractivity contribution in [3.63, 3.8) is 0 Å². The van der Waals surface area contributed by atoms with Crippen LogP contribution in [0.2, 0.25) is 0 Å². The van der Waals surface area contributed by atoms with Crippen molar-refractivity contribution >= 4 is 5.91 Å². The molecule has 1 aliphatic carbocycles. The Balaban J connectivity index is 1.89. The first-order valence-electron chi connectivity index (χ1n) is 7.40. The maximum atomic E-state index is 12.5. The third kappa shape index (κ3) is 2.68. The SMILES string of the molecule is CC1CCCc2ccccc2C1NC(=O)c1cnnn1C. The molecule has 1 N–H and O–H groups in total. The molecule has 21 heavy (non-hydrogen) atoms. The normalized spacial score (nSPS) is 21.4. The fourth-order valence-electron chi connectivity index (χ4n) is 3.08. The highest BCUT2D eigenvalue weighted by molar-refractivity contribution is 5.92. The predicted octanol–water partition coefficient (Wildman–Crippen LogP) is 2.26. The van der Waals surface area contributed by atoms with E-state index in [-0.39, 0.29) is 11.9 Å². The number of hydrogen-bond donors (Lipinski definition) is 1. The Hall–Kier alpha value is -2.17. The highest BCUT2D eigenvalue weighted by Gasteiger charge is 2.27. The van der Waals surface area contributed by atoms with Gasteiger partial charge >= 0.3 is 0 Å². The lowest BCUT2D eigenvalue weighted by Crippen LogP contribution is -2.33. The highest BCUT2D eigenvalue weighted by Crippen LogP contribution is 2.33. The molecule has 2 unspecified atom stereocenters. The lowest BCUT2D eigenvalue weighted by molar-refractivity contribution is 0.0913. The van der Waals surface area contributed by atoms with E-state index in [1.54, 1.807) is 7.05 Å². The summed E-state index contributed by atoms with van der Waals surface area (Å²) in [6.45, 7) is 2.20. The number of amides is 1. The molecule has 110 valence electrons. The van der Waals surface area contributed by atoms with Crippen LogP contribution in [0.4, 0.5) is 0 Å². The standard InChI is InChI=1S/C16H20N4O/c1-11-6-5-8-12-7-3-4-9-13(12)15(11)18-16(21)14-10-17-19-20(14)2/h3-4,7,9-11,15H,5-6,8H2,1-2H3,(H,18,21). The summed E-state index contributed by atoms with van der Waals surface area (Å²) < 4.78 is 1.50. The number of rotatable bonds is 2. The van der Waals surface area contributed by atoms with E-state index in [0.717, 1.165) is 19.3 Å². The Labute approximate surface area is 124 Å². The summed E-state index contributed by atoms with van der Waals surface area (Å²) in [4.78, 5) is 12.5. The average Bonchev–Trinajstić information content (AvgIpc) is 2.84. The molecule has 0 radical (unpaired) electrons. The predicted molar refractivity (Wildman–Crippen MR) is 79.8 cm³/mol. The van der Waals surface area contributed by atoms with Crippen LogP contribution >= 0.6 is 0 Å². The van der Waals surface area contributed by atoms with E-state index in [4.69, 9.17) is 0 Å². The molecule has 0 saturated heterocycles. The Morgan fingerprint density at radius 3 is 2.95 bits per heavy atom. The molecule has 0 aliphatic heterocycles. The van der Waals surface area contributed by atoms with E-state index in [1.165, 1.54) is 22.0 Å². The maximum Gasteiger partial charge on any atom is 0.271 e. The molecule has 5 heteroatoms. The van der Waals surface area contributed by atoms with Crippen LogP contribution < -0.4 is 5.32 Å². The molecule has 1 amide bonds. The van der Waals surface area contributed by atoms with E-state index < -0.39 is 0 Å². The number of fused-ring (bicyclic) bond motifs is 1. The second kappa shape index (κ2) is 5.68. The lowest BCUT2D eigenvalue weighted by Gasteiger charge is -2.24. The summed E-state index contributed by atoms with van der Waals surface area (Å²) in [5.41, 5.74) is 3.07. The summed E-state index contributed by atoms with van der Waals surface area (Å²) in [7, 11) is 1.73. The van der Waals surface area contributed by atoms with Crippen molar-refractivity contribution in [1.82, 2.24) is 20.3 Å². The monoisotopic (exact) mass is 284 g/mol. The van der Waals surface area contributed by atoms with Gasteiger partial charge in [-0.1, -0.05) is 36.4 Å². The van der Waals surface area contributed by atoms with Gasteiger partial charge in [0.2, 0.25) is 0 Å². The van der Waals surface area contributed by atoms with Gasteiger partial charge in [0.05, 0.1) is 12.2 Å². The molecule has 1 aliphatic rings. The van der Waals surface area contributed by atoms with Crippen molar-refractivity contribution in [2.75, 3.05) is 0 Å². The Morgan fingerprint density at radius 2 is 2.19 bits per heavy atom. The largest absolute Gasteiger partial charge is 0.344 e. The fourth-order valence-corrected chi connectivity index (χ4v) is 3.08. The van der Waals surface area contributed by atoms with Crippen LogP contribution in [0.5, 0.6) is 0 Å². The summed E-state index contributed by atoms with van der Waals surface area (Å²) >= 11 is 0. The Bertz CT molecular complexity index is 649. The van der Waals surface area contributed by atoms with Gasteiger partial charge in [-0.15, -0.1) is 5.10 Å². The number of aryl methyl sites for hydroxylation is 2. The van der Waals surface area contributed by atoms with Gasteiger partial charge in [-0.2, -0.15) is 0 Å². The van der Waals surface area contributed by atoms with Crippen molar-refractivity contribution < 1.29 is 4.79 Å². The lowest BCUT2D eigenvalue weighted by atomic mass is 9.92. The Kier molecular flexibility index (Phi) is 3.73. The molecular formula is C16H20N4O. The number of benzene rings is 1. The molecule has 2 atom stereocenters. The van der Waals surface area contributed by atoms with Crippen molar-refractivity contribution in [2.45, 2.75) is 32.2 Å². The molecule has 0 saturated carbocycles. The quantitative estimate of drug-likeness (QED) is 0.861. The van der Waals surface area contributed by atoms with Gasteiger partial charge in [-0.05, 0) is 36.3 Å². The van der Waals surface area contributed by atoms with Crippen molar-refractivity contribution in [2.24, 2.45) is 13.0 Å². The summed E-state index contributed by atoms with van der Waals surface area (Å²) in [5.74, 6) is 0.301. The first kappa shape index (κ1) is 13.8. The molecule has 0 bridgehead atoms. The molecule has 1 aromatic carbocycles. The van der Waals surface area contributed by atoms with Gasteiger partial charge < -0.3 is 5.32 Å². The average molecular weight is 284 g/mol. The molecule has 0 fully saturated rings. The smallest absolute Gasteiger partial charge is 0.271 e. The van der Waals surface area contributed by atoms with Gasteiger partial charge in [0, 0.05) is 7.05 Å². The number of nitrogens with one attached hydrogen (secondary N) is 1. The van der Waals surface area contributed by atoms with Gasteiger partial charge in [-0.3, -0.25) is 4.79 Å². The second-order valence-corrected chi connectivity index (χ2v) is 5.76. The third-order valence-electron chi connectivity index (χ3n) is 4.30. The highest BCUT2D eigenvalue weighted by atomic mass is 16.2. The van der Waals surface area contributed by atoms with E-state index in [2.05, 4.69) is 40.8 Å². The molecule has 3 rings (SSSR count). The van der Waals surface area contributed by atoms with Crippen molar-refractivity contribution in [3.8, 4) is 0 Å². The van der Waals surface area contributed by atoms with Crippen LogP contribution in [-0.4, -0.2) is 20.9 Å². The molecule has 5 nitrogen and oxygen atoms in total. The van der Waals surface area contributed by atoms with Crippen LogP contribution in [-0.2, 0) is 13.5 Å². The van der Waals surface area contributed by atoms with Crippen LogP contribution in [0, 0.1) is 5.92 Å². The number of aromatic nitrogens is 3. The second-order valence-electron chi connectivity index (χ2n) is 5.76. The number of nitrogens with zero attached hydrogens (tertiary/aromatic N) is 3. The van der Waals surface area contributed by atoms with Gasteiger partial charge in [0.1, 0.15) is 5.69 Å². The minimum absolute atomic E-state index is 0.0473. The van der Waals surface area contributed by atoms with E-state index in [0.29, 0.717) is 11.6 Å². The minimum atomic E-state index is -0.115. The van der Waals surface area contributed by atoms with Crippen LogP contribution in [0.1, 0.15) is 47.4 Å². The minimum Gasteiger partial charge on any atom is -0.344 e. The first-order chi connectivity index (χ1) is 10.2. The molecule has 1 heterocycles. The summed E-state index contributed by atoms with van der Waals surface area (Å²) in [6.07, 6.45) is 4.86. The van der Waals surface area contributed by atoms with E-state index >= 15 is 0 Å². The van der Waals surface area contributed by atoms with E-state index in [9.17, 15) is 4.79 Å². The van der Waals surface area contributed by atoms with Crippen LogP contribution in [0.3, 0.4) is 0 Å². The molecule has 1 aromatic heterocycles.